The number of ether oxygens (including phenoxy) is 1. The largest absolute Gasteiger partial charge is 1.00 e. The van der Waals surface area contributed by atoms with Gasteiger partial charge in [-0.25, -0.2) is 0 Å². The number of aromatic hydroxyl groups is 1. The zero-order valence-electron chi connectivity index (χ0n) is 12.3. The Morgan fingerprint density at radius 1 is 1.13 bits per heavy atom. The maximum Gasteiger partial charge on any atom is 1.00 e. The number of fused-ring (bicyclic) bond motifs is 1. The van der Waals surface area contributed by atoms with Gasteiger partial charge in [0, 0.05) is 6.07 Å². The molecule has 1 aromatic heterocycles. The SMILES string of the molecule is COc1cc(O)c(-n2nc3ccccc3n2)cc1S(=O)(=O)O.[Na+]. The Hall–Kier alpha value is -1.65. The van der Waals surface area contributed by atoms with Gasteiger partial charge in [0.05, 0.1) is 7.11 Å². The molecule has 10 heteroatoms. The molecule has 0 spiro atoms. The van der Waals surface area contributed by atoms with E-state index in [9.17, 15) is 18.1 Å². The summed E-state index contributed by atoms with van der Waals surface area (Å²) in [5.74, 6) is -0.468. The van der Waals surface area contributed by atoms with Crippen molar-refractivity contribution in [1.82, 2.24) is 15.0 Å². The van der Waals surface area contributed by atoms with Crippen LogP contribution in [0.15, 0.2) is 41.3 Å². The Labute approximate surface area is 153 Å². The first-order chi connectivity index (χ1) is 10.4. The summed E-state index contributed by atoms with van der Waals surface area (Å²) in [6, 6.07) is 9.12. The maximum atomic E-state index is 11.4. The molecule has 114 valence electrons. The smallest absolute Gasteiger partial charge is 0.505 e. The molecule has 0 saturated carbocycles. The Morgan fingerprint density at radius 3 is 2.17 bits per heavy atom. The summed E-state index contributed by atoms with van der Waals surface area (Å²) in [7, 11) is -3.30. The van der Waals surface area contributed by atoms with Crippen LogP contribution in [0.2, 0.25) is 0 Å². The van der Waals surface area contributed by atoms with E-state index in [1.807, 2.05) is 0 Å². The number of aromatic nitrogens is 3. The van der Waals surface area contributed by atoms with Gasteiger partial charge < -0.3 is 9.84 Å². The van der Waals surface area contributed by atoms with Crippen molar-refractivity contribution in [2.45, 2.75) is 4.90 Å². The molecule has 8 nitrogen and oxygen atoms in total. The number of hydrogen-bond donors (Lipinski definition) is 2. The standard InChI is InChI=1S/C13H11N3O5S.Na/c1-21-12-7-11(17)10(6-13(12)22(18,19)20)16-14-8-4-2-3-5-9(8)15-16;/h2-7,17H,1H3,(H,18,19,20);/q;+1. The summed E-state index contributed by atoms with van der Waals surface area (Å²) in [6.45, 7) is 0. The normalized spacial score (nSPS) is 11.2. The third kappa shape index (κ3) is 3.33. The number of rotatable bonds is 3. The zero-order chi connectivity index (χ0) is 15.9. The van der Waals surface area contributed by atoms with E-state index in [0.717, 1.165) is 16.9 Å². The molecule has 2 N–H and O–H groups in total. The van der Waals surface area contributed by atoms with Gasteiger partial charge in [-0.1, -0.05) is 12.1 Å². The van der Waals surface area contributed by atoms with Crippen LogP contribution >= 0.6 is 0 Å². The minimum Gasteiger partial charge on any atom is -0.505 e. The minimum absolute atomic E-state index is 0. The van der Waals surface area contributed by atoms with Crippen LogP contribution in [-0.2, 0) is 10.1 Å². The third-order valence-corrected chi connectivity index (χ3v) is 3.92. The second kappa shape index (κ2) is 6.46. The molecule has 3 rings (SSSR count). The molecule has 0 radical (unpaired) electrons. The van der Waals surface area contributed by atoms with Crippen LogP contribution in [0, 0.1) is 0 Å². The molecular weight excluding hydrogens is 333 g/mol. The second-order valence-corrected chi connectivity index (χ2v) is 5.83. The van der Waals surface area contributed by atoms with E-state index in [4.69, 9.17) is 4.74 Å². The van der Waals surface area contributed by atoms with Gasteiger partial charge in [-0.3, -0.25) is 4.55 Å². The van der Waals surface area contributed by atoms with Crippen LogP contribution in [0.25, 0.3) is 16.7 Å². The van der Waals surface area contributed by atoms with Gasteiger partial charge in [0.15, 0.2) is 0 Å². The Balaban J connectivity index is 0.00000192. The average molecular weight is 344 g/mol. The van der Waals surface area contributed by atoms with Crippen molar-refractivity contribution in [2.24, 2.45) is 0 Å². The molecule has 0 aliphatic carbocycles. The molecule has 0 fully saturated rings. The first kappa shape index (κ1) is 17.7. The fourth-order valence-electron chi connectivity index (χ4n) is 2.03. The maximum absolute atomic E-state index is 11.4. The van der Waals surface area contributed by atoms with Crippen LogP contribution in [0.4, 0.5) is 0 Å². The van der Waals surface area contributed by atoms with E-state index < -0.39 is 15.0 Å². The summed E-state index contributed by atoms with van der Waals surface area (Å²) in [5, 5.41) is 18.3. The molecule has 0 bridgehead atoms. The zero-order valence-corrected chi connectivity index (χ0v) is 15.1. The minimum atomic E-state index is -4.53. The Kier molecular flexibility index (Phi) is 4.97. The van der Waals surface area contributed by atoms with Gasteiger partial charge in [-0.2, -0.15) is 8.42 Å². The van der Waals surface area contributed by atoms with Crippen molar-refractivity contribution in [2.75, 3.05) is 7.11 Å². The van der Waals surface area contributed by atoms with Crippen molar-refractivity contribution in [3.8, 4) is 17.2 Å². The summed E-state index contributed by atoms with van der Waals surface area (Å²) < 4.78 is 37.0. The molecule has 0 amide bonds. The molecule has 23 heavy (non-hydrogen) atoms. The van der Waals surface area contributed by atoms with E-state index >= 15 is 0 Å². The summed E-state index contributed by atoms with van der Waals surface area (Å²) in [4.78, 5) is 0.609. The predicted molar refractivity (Wildman–Crippen MR) is 76.9 cm³/mol. The Morgan fingerprint density at radius 2 is 1.70 bits per heavy atom. The third-order valence-electron chi connectivity index (χ3n) is 3.04. The molecule has 0 atom stereocenters. The van der Waals surface area contributed by atoms with Gasteiger partial charge in [-0.15, -0.1) is 15.0 Å². The first-order valence-electron chi connectivity index (χ1n) is 6.11. The molecule has 0 aliphatic heterocycles. The van der Waals surface area contributed by atoms with Gasteiger partial charge in [-0.05, 0) is 18.2 Å². The monoisotopic (exact) mass is 344 g/mol. The van der Waals surface area contributed by atoms with E-state index in [1.54, 1.807) is 24.3 Å². The van der Waals surface area contributed by atoms with Gasteiger partial charge in [0.1, 0.15) is 33.1 Å². The van der Waals surface area contributed by atoms with Crippen molar-refractivity contribution in [1.29, 1.82) is 0 Å². The van der Waals surface area contributed by atoms with Crippen LogP contribution in [-0.4, -0.2) is 40.2 Å². The molecule has 2 aromatic carbocycles. The molecule has 0 saturated heterocycles. The number of phenols is 1. The summed E-state index contributed by atoms with van der Waals surface area (Å²) in [5.41, 5.74) is 1.15. The number of methoxy groups -OCH3 is 1. The summed E-state index contributed by atoms with van der Waals surface area (Å²) in [6.07, 6.45) is 0. The fourth-order valence-corrected chi connectivity index (χ4v) is 2.68. The van der Waals surface area contributed by atoms with Gasteiger partial charge >= 0.3 is 29.6 Å². The van der Waals surface area contributed by atoms with Crippen LogP contribution < -0.4 is 34.3 Å². The molecule has 0 aliphatic rings. The quantitative estimate of drug-likeness (QED) is 0.434. The Bertz CT molecular complexity index is 938. The van der Waals surface area contributed by atoms with Crippen LogP contribution in [0.1, 0.15) is 0 Å². The average Bonchev–Trinajstić information content (AvgIpc) is 2.89. The number of nitrogens with zero attached hydrogens (tertiary/aromatic N) is 3. The van der Waals surface area contributed by atoms with E-state index in [2.05, 4.69) is 10.2 Å². The van der Waals surface area contributed by atoms with E-state index in [0.29, 0.717) is 11.0 Å². The van der Waals surface area contributed by atoms with E-state index in [-0.39, 0.29) is 46.7 Å². The van der Waals surface area contributed by atoms with Crippen molar-refractivity contribution in [3.05, 3.63) is 36.4 Å². The molecule has 3 aromatic rings. The first-order valence-corrected chi connectivity index (χ1v) is 7.55. The molecule has 1 heterocycles. The predicted octanol–water partition coefficient (Wildman–Crippen LogP) is -1.61. The van der Waals surface area contributed by atoms with Crippen molar-refractivity contribution >= 4 is 21.2 Å². The number of hydrogen-bond acceptors (Lipinski definition) is 6. The summed E-state index contributed by atoms with van der Waals surface area (Å²) >= 11 is 0. The number of benzene rings is 2. The van der Waals surface area contributed by atoms with Crippen LogP contribution in [0.5, 0.6) is 11.5 Å². The van der Waals surface area contributed by atoms with Crippen molar-refractivity contribution in [3.63, 3.8) is 0 Å². The van der Waals surface area contributed by atoms with Crippen molar-refractivity contribution < 1.29 is 52.4 Å². The number of phenolic OH excluding ortho intramolecular Hbond substituents is 1. The fraction of sp³-hybridized carbons (Fsp3) is 0.0769. The molecular formula is C13H11N3NaO5S+. The topological polar surface area (TPSA) is 115 Å². The van der Waals surface area contributed by atoms with Crippen LogP contribution in [0.3, 0.4) is 0 Å². The molecule has 0 unspecified atom stereocenters. The second-order valence-electron chi connectivity index (χ2n) is 4.45. The van der Waals surface area contributed by atoms with Gasteiger partial charge in [0.25, 0.3) is 10.1 Å². The van der Waals surface area contributed by atoms with Gasteiger partial charge in [0.2, 0.25) is 0 Å². The van der Waals surface area contributed by atoms with E-state index in [1.165, 1.54) is 7.11 Å².